The Balaban J connectivity index is 2.34. The lowest BCUT2D eigenvalue weighted by Crippen LogP contribution is -2.49. The van der Waals surface area contributed by atoms with E-state index in [-0.39, 0.29) is 17.2 Å². The van der Waals surface area contributed by atoms with Crippen molar-refractivity contribution in [2.75, 3.05) is 45.2 Å². The molecule has 1 aliphatic heterocycles. The third-order valence-electron chi connectivity index (χ3n) is 4.22. The highest BCUT2D eigenvalue weighted by Crippen LogP contribution is 2.33. The summed E-state index contributed by atoms with van der Waals surface area (Å²) in [6.07, 6.45) is 0. The number of nitrogens with zero attached hydrogens (tertiary/aromatic N) is 4. The van der Waals surface area contributed by atoms with Gasteiger partial charge in [0.25, 0.3) is 5.91 Å². The van der Waals surface area contributed by atoms with Gasteiger partial charge in [0.1, 0.15) is 11.3 Å². The van der Waals surface area contributed by atoms with Gasteiger partial charge in [0.15, 0.2) is 0 Å². The molecule has 1 heterocycles. The Hall–Kier alpha value is -2.15. The molecule has 0 unspecified atom stereocenters. The first-order chi connectivity index (χ1) is 10.8. The van der Waals surface area contributed by atoms with Gasteiger partial charge < -0.3 is 9.80 Å². The fraction of sp³-hybridized carbons (Fsp3) is 0.562. The molecule has 0 aliphatic carbocycles. The van der Waals surface area contributed by atoms with E-state index < -0.39 is 4.92 Å². The molecule has 7 heteroatoms. The molecule has 0 bridgehead atoms. The molecule has 2 rings (SSSR count). The number of hydrogen-bond donors (Lipinski definition) is 0. The van der Waals surface area contributed by atoms with Crippen LogP contribution in [0.1, 0.15) is 24.2 Å². The second kappa shape index (κ2) is 6.95. The molecule has 1 fully saturated rings. The van der Waals surface area contributed by atoms with Crippen LogP contribution in [0.3, 0.4) is 0 Å². The van der Waals surface area contributed by atoms with E-state index in [0.717, 1.165) is 26.2 Å². The van der Waals surface area contributed by atoms with Gasteiger partial charge in [-0.05, 0) is 26.0 Å². The van der Waals surface area contributed by atoms with Crippen LogP contribution in [0.2, 0.25) is 0 Å². The van der Waals surface area contributed by atoms with E-state index in [4.69, 9.17) is 0 Å². The van der Waals surface area contributed by atoms with Crippen LogP contribution in [-0.2, 0) is 0 Å². The van der Waals surface area contributed by atoms with Gasteiger partial charge in [-0.1, -0.05) is 6.07 Å². The Morgan fingerprint density at radius 2 is 1.83 bits per heavy atom. The summed E-state index contributed by atoms with van der Waals surface area (Å²) in [4.78, 5) is 29.1. The fourth-order valence-electron chi connectivity index (χ4n) is 2.87. The third kappa shape index (κ3) is 3.61. The van der Waals surface area contributed by atoms with Crippen LogP contribution in [-0.4, -0.2) is 66.9 Å². The number of amides is 1. The number of piperazine rings is 1. The normalized spacial score (nSPS) is 15.8. The molecule has 1 aromatic carbocycles. The van der Waals surface area contributed by atoms with Crippen molar-refractivity contribution in [3.63, 3.8) is 0 Å². The smallest absolute Gasteiger partial charge is 0.305 e. The van der Waals surface area contributed by atoms with Gasteiger partial charge >= 0.3 is 5.69 Å². The Morgan fingerprint density at radius 1 is 1.22 bits per heavy atom. The first-order valence-electron chi connectivity index (χ1n) is 7.81. The Morgan fingerprint density at radius 3 is 2.30 bits per heavy atom. The molecule has 0 saturated carbocycles. The molecule has 1 aliphatic rings. The average molecular weight is 320 g/mol. The third-order valence-corrected chi connectivity index (χ3v) is 4.22. The number of anilines is 1. The highest BCUT2D eigenvalue weighted by Gasteiger charge is 2.30. The molecule has 0 N–H and O–H groups in total. The van der Waals surface area contributed by atoms with Gasteiger partial charge in [0, 0.05) is 46.3 Å². The van der Waals surface area contributed by atoms with Crippen LogP contribution >= 0.6 is 0 Å². The largest absolute Gasteiger partial charge is 0.363 e. The lowest BCUT2D eigenvalue weighted by Gasteiger charge is -2.37. The van der Waals surface area contributed by atoms with Gasteiger partial charge in [0.2, 0.25) is 0 Å². The van der Waals surface area contributed by atoms with Gasteiger partial charge in [-0.15, -0.1) is 0 Å². The van der Waals surface area contributed by atoms with Crippen LogP contribution in [0.15, 0.2) is 18.2 Å². The van der Waals surface area contributed by atoms with E-state index in [1.54, 1.807) is 26.2 Å². The van der Waals surface area contributed by atoms with Crippen LogP contribution in [0.5, 0.6) is 0 Å². The molecule has 23 heavy (non-hydrogen) atoms. The van der Waals surface area contributed by atoms with E-state index in [1.165, 1.54) is 11.0 Å². The van der Waals surface area contributed by atoms with Crippen molar-refractivity contribution in [1.29, 1.82) is 0 Å². The molecule has 0 atom stereocenters. The molecular formula is C16H24N4O3. The molecule has 0 radical (unpaired) electrons. The number of hydrogen-bond acceptors (Lipinski definition) is 5. The van der Waals surface area contributed by atoms with Crippen molar-refractivity contribution >= 4 is 17.3 Å². The maximum absolute atomic E-state index is 12.2. The van der Waals surface area contributed by atoms with Crippen molar-refractivity contribution in [1.82, 2.24) is 9.80 Å². The zero-order valence-electron chi connectivity index (χ0n) is 14.2. The summed E-state index contributed by atoms with van der Waals surface area (Å²) in [7, 11) is 3.19. The molecule has 0 spiro atoms. The molecule has 1 aromatic rings. The monoisotopic (exact) mass is 320 g/mol. The van der Waals surface area contributed by atoms with E-state index in [9.17, 15) is 14.9 Å². The predicted molar refractivity (Wildman–Crippen MR) is 90.0 cm³/mol. The van der Waals surface area contributed by atoms with Crippen LogP contribution in [0.25, 0.3) is 0 Å². The number of carbonyl (C=O) groups excluding carboxylic acids is 1. The molecule has 126 valence electrons. The maximum atomic E-state index is 12.2. The standard InChI is InChI=1S/C16H24N4O3/c1-12(2)18-8-10-19(11-9-18)14-7-5-6-13(15(14)20(22)23)16(21)17(3)4/h5-7,12H,8-11H2,1-4H3. The number of rotatable bonds is 4. The lowest BCUT2D eigenvalue weighted by molar-refractivity contribution is -0.384. The van der Waals surface area contributed by atoms with Crippen LogP contribution in [0, 0.1) is 10.1 Å². The number of nitro benzene ring substituents is 1. The summed E-state index contributed by atoms with van der Waals surface area (Å²) in [5.74, 6) is -0.348. The second-order valence-electron chi connectivity index (χ2n) is 6.25. The quantitative estimate of drug-likeness (QED) is 0.625. The summed E-state index contributed by atoms with van der Waals surface area (Å²) >= 11 is 0. The minimum atomic E-state index is -0.444. The van der Waals surface area contributed by atoms with Gasteiger partial charge in [-0.25, -0.2) is 0 Å². The van der Waals surface area contributed by atoms with Gasteiger partial charge in [0.05, 0.1) is 4.92 Å². The first-order valence-corrected chi connectivity index (χ1v) is 7.81. The number of benzene rings is 1. The second-order valence-corrected chi connectivity index (χ2v) is 6.25. The minimum Gasteiger partial charge on any atom is -0.363 e. The average Bonchev–Trinajstić information content (AvgIpc) is 2.53. The summed E-state index contributed by atoms with van der Waals surface area (Å²) in [6.45, 7) is 7.46. The fourth-order valence-corrected chi connectivity index (χ4v) is 2.87. The molecule has 0 aromatic heterocycles. The molecule has 1 saturated heterocycles. The Kier molecular flexibility index (Phi) is 5.20. The number of para-hydroxylation sites is 1. The Bertz CT molecular complexity index is 593. The van der Waals surface area contributed by atoms with Gasteiger partial charge in [-0.3, -0.25) is 19.8 Å². The topological polar surface area (TPSA) is 69.9 Å². The summed E-state index contributed by atoms with van der Waals surface area (Å²) in [6, 6.07) is 5.44. The number of nitro groups is 1. The summed E-state index contributed by atoms with van der Waals surface area (Å²) < 4.78 is 0. The van der Waals surface area contributed by atoms with E-state index >= 15 is 0 Å². The first kappa shape index (κ1) is 17.2. The van der Waals surface area contributed by atoms with Crippen LogP contribution < -0.4 is 4.90 Å². The predicted octanol–water partition coefficient (Wildman–Crippen LogP) is 1.83. The highest BCUT2D eigenvalue weighted by molar-refractivity contribution is 6.00. The van der Waals surface area contributed by atoms with Gasteiger partial charge in [-0.2, -0.15) is 0 Å². The van der Waals surface area contributed by atoms with E-state index in [0.29, 0.717) is 11.7 Å². The maximum Gasteiger partial charge on any atom is 0.305 e. The van der Waals surface area contributed by atoms with Crippen molar-refractivity contribution in [2.45, 2.75) is 19.9 Å². The molecular weight excluding hydrogens is 296 g/mol. The molecule has 1 amide bonds. The number of carbonyl (C=O) groups is 1. The zero-order chi connectivity index (χ0) is 17.1. The van der Waals surface area contributed by atoms with Crippen molar-refractivity contribution in [3.8, 4) is 0 Å². The SMILES string of the molecule is CC(C)N1CCN(c2cccc(C(=O)N(C)C)c2[N+](=O)[O-])CC1. The zero-order valence-corrected chi connectivity index (χ0v) is 14.2. The van der Waals surface area contributed by atoms with Crippen molar-refractivity contribution < 1.29 is 9.72 Å². The summed E-state index contributed by atoms with van der Waals surface area (Å²) in [5, 5.41) is 11.6. The molecule has 7 nitrogen and oxygen atoms in total. The van der Waals surface area contributed by atoms with Crippen LogP contribution in [0.4, 0.5) is 11.4 Å². The van der Waals surface area contributed by atoms with E-state index in [1.807, 2.05) is 4.90 Å². The van der Waals surface area contributed by atoms with Crippen molar-refractivity contribution in [3.05, 3.63) is 33.9 Å². The Labute approximate surface area is 136 Å². The lowest BCUT2D eigenvalue weighted by atomic mass is 10.1. The van der Waals surface area contributed by atoms with E-state index in [2.05, 4.69) is 18.7 Å². The summed E-state index contributed by atoms with van der Waals surface area (Å²) in [5.41, 5.74) is 0.582. The highest BCUT2D eigenvalue weighted by atomic mass is 16.6. The minimum absolute atomic E-state index is 0.0933. The van der Waals surface area contributed by atoms with Crippen molar-refractivity contribution in [2.24, 2.45) is 0 Å².